The van der Waals surface area contributed by atoms with Crippen molar-refractivity contribution in [3.8, 4) is 11.5 Å². The minimum Gasteiger partial charge on any atom is -0.441 e. The fraction of sp³-hybridized carbons (Fsp3) is 0.320. The summed E-state index contributed by atoms with van der Waals surface area (Å²) in [5, 5.41) is 0.571. The number of hydrogen-bond donors (Lipinski definition) is 0. The van der Waals surface area contributed by atoms with E-state index in [9.17, 15) is 14.4 Å². The molecule has 0 saturated carbocycles. The van der Waals surface area contributed by atoms with Gasteiger partial charge in [-0.25, -0.2) is 14.8 Å². The molecule has 10 heteroatoms. The van der Waals surface area contributed by atoms with Crippen LogP contribution in [0.3, 0.4) is 0 Å². The lowest BCUT2D eigenvalue weighted by atomic mass is 10.1. The zero-order valence-electron chi connectivity index (χ0n) is 20.3. The van der Waals surface area contributed by atoms with Gasteiger partial charge in [0.1, 0.15) is 17.1 Å². The topological polar surface area (TPSA) is 103 Å². The molecule has 4 aromatic rings. The maximum atomic E-state index is 13.6. The summed E-state index contributed by atoms with van der Waals surface area (Å²) in [4.78, 5) is 50.6. The highest BCUT2D eigenvalue weighted by Crippen LogP contribution is 2.28. The first-order valence-corrected chi connectivity index (χ1v) is 11.7. The van der Waals surface area contributed by atoms with Crippen LogP contribution in [0, 0.1) is 13.8 Å². The summed E-state index contributed by atoms with van der Waals surface area (Å²) < 4.78 is 8.14. The summed E-state index contributed by atoms with van der Waals surface area (Å²) in [6.45, 7) is 8.02. The third-order valence-electron chi connectivity index (χ3n) is 6.01. The standard InChI is InChI=1S/C25H26ClN5O4/c1-6-30(7-2)23(32)17-12-14(3)27-21-20(17)24(33)31(25(34)29(21)5)13-19-15(4)35-22(28-19)16-10-8-9-11-18(16)26/h8-12H,6-7,13H2,1-5H3. The van der Waals surface area contributed by atoms with Gasteiger partial charge in [0.25, 0.3) is 11.5 Å². The summed E-state index contributed by atoms with van der Waals surface area (Å²) in [6.07, 6.45) is 0. The van der Waals surface area contributed by atoms with Crippen molar-refractivity contribution in [2.75, 3.05) is 13.1 Å². The van der Waals surface area contributed by atoms with Crippen molar-refractivity contribution in [1.82, 2.24) is 24.0 Å². The second kappa shape index (κ2) is 9.50. The van der Waals surface area contributed by atoms with Crippen molar-refractivity contribution in [2.45, 2.75) is 34.2 Å². The van der Waals surface area contributed by atoms with Gasteiger partial charge < -0.3 is 9.32 Å². The highest BCUT2D eigenvalue weighted by Gasteiger charge is 2.24. The van der Waals surface area contributed by atoms with Gasteiger partial charge in [0, 0.05) is 25.8 Å². The van der Waals surface area contributed by atoms with Gasteiger partial charge in [-0.15, -0.1) is 0 Å². The monoisotopic (exact) mass is 495 g/mol. The van der Waals surface area contributed by atoms with Crippen molar-refractivity contribution in [3.63, 3.8) is 0 Å². The first-order valence-electron chi connectivity index (χ1n) is 11.3. The molecule has 0 N–H and O–H groups in total. The van der Waals surface area contributed by atoms with Gasteiger partial charge in [0.2, 0.25) is 5.89 Å². The van der Waals surface area contributed by atoms with E-state index in [1.165, 1.54) is 11.6 Å². The average Bonchev–Trinajstić information content (AvgIpc) is 3.20. The Morgan fingerprint density at radius 3 is 2.46 bits per heavy atom. The van der Waals surface area contributed by atoms with E-state index in [2.05, 4.69) is 9.97 Å². The van der Waals surface area contributed by atoms with Crippen LogP contribution in [0.15, 0.2) is 44.3 Å². The molecule has 0 aliphatic carbocycles. The number of fused-ring (bicyclic) bond motifs is 1. The van der Waals surface area contributed by atoms with Crippen LogP contribution in [0.2, 0.25) is 5.02 Å². The van der Waals surface area contributed by atoms with E-state index in [0.29, 0.717) is 46.7 Å². The Hall–Kier alpha value is -3.72. The zero-order valence-corrected chi connectivity index (χ0v) is 21.0. The van der Waals surface area contributed by atoms with Gasteiger partial charge in [-0.2, -0.15) is 0 Å². The van der Waals surface area contributed by atoms with Crippen LogP contribution in [0.25, 0.3) is 22.5 Å². The van der Waals surface area contributed by atoms with Crippen LogP contribution in [-0.4, -0.2) is 43.0 Å². The number of aryl methyl sites for hydroxylation is 3. The summed E-state index contributed by atoms with van der Waals surface area (Å²) in [7, 11) is 1.53. The molecule has 1 aromatic carbocycles. The molecular weight excluding hydrogens is 470 g/mol. The highest BCUT2D eigenvalue weighted by atomic mass is 35.5. The molecule has 0 spiro atoms. The van der Waals surface area contributed by atoms with Crippen molar-refractivity contribution in [1.29, 1.82) is 0 Å². The van der Waals surface area contributed by atoms with Crippen molar-refractivity contribution in [3.05, 3.63) is 78.9 Å². The predicted molar refractivity (Wildman–Crippen MR) is 134 cm³/mol. The summed E-state index contributed by atoms with van der Waals surface area (Å²) in [5.74, 6) is 0.463. The lowest BCUT2D eigenvalue weighted by Gasteiger charge is -2.20. The second-order valence-electron chi connectivity index (χ2n) is 8.22. The van der Waals surface area contributed by atoms with E-state index in [1.807, 2.05) is 19.9 Å². The number of rotatable bonds is 6. The number of nitrogens with zero attached hydrogens (tertiary/aromatic N) is 5. The number of aromatic nitrogens is 4. The molecule has 35 heavy (non-hydrogen) atoms. The Balaban J connectivity index is 1.90. The molecule has 0 aliphatic heterocycles. The largest absolute Gasteiger partial charge is 0.441 e. The molecular formula is C25H26ClN5O4. The third-order valence-corrected chi connectivity index (χ3v) is 6.34. The Kier molecular flexibility index (Phi) is 6.62. The van der Waals surface area contributed by atoms with Crippen molar-refractivity contribution in [2.24, 2.45) is 7.05 Å². The minimum atomic E-state index is -0.604. The molecule has 1 amide bonds. The summed E-state index contributed by atoms with van der Waals surface area (Å²) in [5.41, 5.74) is 0.775. The van der Waals surface area contributed by atoms with Crippen LogP contribution in [0.4, 0.5) is 0 Å². The number of carbonyl (C=O) groups is 1. The van der Waals surface area contributed by atoms with E-state index >= 15 is 0 Å². The molecule has 182 valence electrons. The van der Waals surface area contributed by atoms with E-state index in [-0.39, 0.29) is 29.0 Å². The molecule has 0 radical (unpaired) electrons. The maximum absolute atomic E-state index is 13.6. The number of benzene rings is 1. The van der Waals surface area contributed by atoms with Crippen LogP contribution in [0.1, 0.15) is 41.4 Å². The normalized spacial score (nSPS) is 11.3. The lowest BCUT2D eigenvalue weighted by Crippen LogP contribution is -2.41. The van der Waals surface area contributed by atoms with Crippen LogP contribution in [0.5, 0.6) is 0 Å². The number of oxazole rings is 1. The SMILES string of the molecule is CCN(CC)C(=O)c1cc(C)nc2c1c(=O)n(Cc1nc(-c3ccccc3Cl)oc1C)c(=O)n2C. The average molecular weight is 496 g/mol. The van der Waals surface area contributed by atoms with Crippen LogP contribution < -0.4 is 11.2 Å². The first-order chi connectivity index (χ1) is 16.7. The molecule has 0 unspecified atom stereocenters. The first kappa shape index (κ1) is 24.4. The third kappa shape index (κ3) is 4.27. The molecule has 9 nitrogen and oxygen atoms in total. The minimum absolute atomic E-state index is 0.0991. The highest BCUT2D eigenvalue weighted by molar-refractivity contribution is 6.33. The fourth-order valence-electron chi connectivity index (χ4n) is 4.07. The number of carbonyl (C=O) groups excluding carboxylic acids is 1. The predicted octanol–water partition coefficient (Wildman–Crippen LogP) is 3.55. The van der Waals surface area contributed by atoms with E-state index in [4.69, 9.17) is 16.0 Å². The summed E-state index contributed by atoms with van der Waals surface area (Å²) in [6, 6.07) is 8.71. The van der Waals surface area contributed by atoms with Gasteiger partial charge >= 0.3 is 5.69 Å². The Morgan fingerprint density at radius 2 is 1.80 bits per heavy atom. The van der Waals surface area contributed by atoms with Gasteiger partial charge in [0.05, 0.1) is 28.1 Å². The second-order valence-corrected chi connectivity index (χ2v) is 8.63. The molecule has 3 aromatic heterocycles. The van der Waals surface area contributed by atoms with Gasteiger partial charge in [0.15, 0.2) is 0 Å². The summed E-state index contributed by atoms with van der Waals surface area (Å²) >= 11 is 6.27. The quantitative estimate of drug-likeness (QED) is 0.405. The van der Waals surface area contributed by atoms with Crippen molar-refractivity contribution < 1.29 is 9.21 Å². The molecule has 0 atom stereocenters. The Labute approximate surface area is 206 Å². The van der Waals surface area contributed by atoms with Gasteiger partial charge in [-0.05, 0) is 45.9 Å². The number of amides is 1. The molecule has 0 fully saturated rings. The van der Waals surface area contributed by atoms with E-state index in [1.54, 1.807) is 43.0 Å². The zero-order chi connectivity index (χ0) is 25.4. The Morgan fingerprint density at radius 1 is 1.11 bits per heavy atom. The molecule has 3 heterocycles. The smallest absolute Gasteiger partial charge is 0.332 e. The van der Waals surface area contributed by atoms with E-state index in [0.717, 1.165) is 4.57 Å². The lowest BCUT2D eigenvalue weighted by molar-refractivity contribution is 0.0774. The Bertz CT molecular complexity index is 1560. The number of halogens is 1. The van der Waals surface area contributed by atoms with Crippen molar-refractivity contribution >= 4 is 28.5 Å². The molecule has 0 saturated heterocycles. The molecule has 0 aliphatic rings. The maximum Gasteiger partial charge on any atom is 0.332 e. The van der Waals surface area contributed by atoms with E-state index < -0.39 is 11.2 Å². The van der Waals surface area contributed by atoms with Gasteiger partial charge in [-0.1, -0.05) is 23.7 Å². The number of pyridine rings is 1. The molecule has 0 bridgehead atoms. The van der Waals surface area contributed by atoms with Crippen LogP contribution >= 0.6 is 11.6 Å². The molecule has 4 rings (SSSR count). The van der Waals surface area contributed by atoms with Crippen LogP contribution in [-0.2, 0) is 13.6 Å². The van der Waals surface area contributed by atoms with Gasteiger partial charge in [-0.3, -0.25) is 18.7 Å². The fourth-order valence-corrected chi connectivity index (χ4v) is 4.28. The number of hydrogen-bond acceptors (Lipinski definition) is 6.